The molecule has 21 heavy (non-hydrogen) atoms. The van der Waals surface area contributed by atoms with Gasteiger partial charge >= 0.3 is 0 Å². The van der Waals surface area contributed by atoms with Crippen LogP contribution < -0.4 is 0 Å². The Kier molecular flexibility index (Phi) is 5.79. The lowest BCUT2D eigenvalue weighted by Crippen LogP contribution is -2.27. The van der Waals surface area contributed by atoms with Gasteiger partial charge in [0.2, 0.25) is 0 Å². The van der Waals surface area contributed by atoms with Gasteiger partial charge in [-0.15, -0.1) is 0 Å². The molecule has 0 fully saturated rings. The van der Waals surface area contributed by atoms with E-state index in [1.807, 2.05) is 17.7 Å². The van der Waals surface area contributed by atoms with Gasteiger partial charge in [0.1, 0.15) is 18.3 Å². The van der Waals surface area contributed by atoms with E-state index in [2.05, 4.69) is 16.9 Å². The minimum absolute atomic E-state index is 0.175. The standard InChI is InChI=1S/C15H17Cl2N3O/c1-3-8-21-11(2)15(20-7-6-18-10-20)19-14-5-4-12(16)9-13(14)17/h4-7,9-11H,3,8H2,1-2H3. The van der Waals surface area contributed by atoms with Crippen LogP contribution in [0, 0.1) is 0 Å². The Bertz CT molecular complexity index is 611. The molecule has 0 saturated heterocycles. The van der Waals surface area contributed by atoms with Crippen molar-refractivity contribution in [3.63, 3.8) is 0 Å². The summed E-state index contributed by atoms with van der Waals surface area (Å²) in [6.45, 7) is 4.69. The summed E-state index contributed by atoms with van der Waals surface area (Å²) < 4.78 is 7.59. The Balaban J connectivity index is 2.36. The predicted molar refractivity (Wildman–Crippen MR) is 86.9 cm³/mol. The van der Waals surface area contributed by atoms with E-state index in [9.17, 15) is 0 Å². The van der Waals surface area contributed by atoms with Gasteiger partial charge in [-0.25, -0.2) is 9.98 Å². The van der Waals surface area contributed by atoms with E-state index in [4.69, 9.17) is 27.9 Å². The van der Waals surface area contributed by atoms with Crippen molar-refractivity contribution in [3.05, 3.63) is 47.0 Å². The van der Waals surface area contributed by atoms with Crippen molar-refractivity contribution in [3.8, 4) is 0 Å². The average Bonchev–Trinajstić information content (AvgIpc) is 2.98. The fourth-order valence-corrected chi connectivity index (χ4v) is 2.27. The van der Waals surface area contributed by atoms with Crippen LogP contribution in [0.3, 0.4) is 0 Å². The van der Waals surface area contributed by atoms with Crippen LogP contribution in [0.25, 0.3) is 0 Å². The van der Waals surface area contributed by atoms with Crippen molar-refractivity contribution in [1.82, 2.24) is 9.55 Å². The van der Waals surface area contributed by atoms with Crippen molar-refractivity contribution in [2.45, 2.75) is 26.4 Å². The first-order valence-electron chi connectivity index (χ1n) is 6.75. The highest BCUT2D eigenvalue weighted by Crippen LogP contribution is 2.28. The smallest absolute Gasteiger partial charge is 0.143 e. The van der Waals surface area contributed by atoms with Crippen molar-refractivity contribution >= 4 is 34.7 Å². The van der Waals surface area contributed by atoms with Gasteiger partial charge in [0.15, 0.2) is 0 Å². The Labute approximate surface area is 134 Å². The molecule has 0 aliphatic rings. The molecule has 0 aliphatic carbocycles. The molecule has 6 heteroatoms. The van der Waals surface area contributed by atoms with Crippen LogP contribution in [-0.2, 0) is 4.74 Å². The Hall–Kier alpha value is -1.36. The summed E-state index contributed by atoms with van der Waals surface area (Å²) in [5, 5.41) is 1.08. The molecule has 1 unspecified atom stereocenters. The van der Waals surface area contributed by atoms with E-state index >= 15 is 0 Å². The highest BCUT2D eigenvalue weighted by Gasteiger charge is 2.14. The first kappa shape index (κ1) is 16.0. The minimum Gasteiger partial charge on any atom is -0.371 e. The molecule has 1 aromatic carbocycles. The monoisotopic (exact) mass is 325 g/mol. The molecule has 0 aliphatic heterocycles. The van der Waals surface area contributed by atoms with Crippen LogP contribution in [0.1, 0.15) is 20.3 Å². The van der Waals surface area contributed by atoms with Crippen molar-refractivity contribution in [2.24, 2.45) is 4.99 Å². The maximum atomic E-state index is 6.19. The van der Waals surface area contributed by atoms with E-state index in [1.54, 1.807) is 30.7 Å². The Morgan fingerprint density at radius 1 is 1.43 bits per heavy atom. The van der Waals surface area contributed by atoms with E-state index in [0.29, 0.717) is 22.3 Å². The number of ether oxygens (including phenoxy) is 1. The Morgan fingerprint density at radius 3 is 2.86 bits per heavy atom. The van der Waals surface area contributed by atoms with Crippen molar-refractivity contribution in [1.29, 1.82) is 0 Å². The number of nitrogens with zero attached hydrogens (tertiary/aromatic N) is 3. The molecule has 112 valence electrons. The molecule has 0 radical (unpaired) electrons. The molecule has 0 saturated carbocycles. The Morgan fingerprint density at radius 2 is 2.24 bits per heavy atom. The lowest BCUT2D eigenvalue weighted by atomic mass is 10.3. The summed E-state index contributed by atoms with van der Waals surface area (Å²) in [5.74, 6) is 0.727. The third-order valence-electron chi connectivity index (χ3n) is 2.85. The summed E-state index contributed by atoms with van der Waals surface area (Å²) in [6.07, 6.45) is 5.99. The molecule has 1 atom stereocenters. The molecular weight excluding hydrogens is 309 g/mol. The van der Waals surface area contributed by atoms with Crippen LogP contribution in [0.2, 0.25) is 10.0 Å². The lowest BCUT2D eigenvalue weighted by Gasteiger charge is -2.16. The van der Waals surface area contributed by atoms with Gasteiger partial charge in [0.05, 0.1) is 10.7 Å². The van der Waals surface area contributed by atoms with E-state index < -0.39 is 0 Å². The number of aliphatic imine (C=N–C) groups is 1. The number of halogens is 2. The molecule has 0 N–H and O–H groups in total. The fourth-order valence-electron chi connectivity index (χ4n) is 1.82. The third-order valence-corrected chi connectivity index (χ3v) is 3.39. The molecule has 4 nitrogen and oxygen atoms in total. The minimum atomic E-state index is -0.175. The van der Waals surface area contributed by atoms with E-state index in [1.165, 1.54) is 0 Å². The number of rotatable bonds is 5. The van der Waals surface area contributed by atoms with E-state index in [-0.39, 0.29) is 6.10 Å². The van der Waals surface area contributed by atoms with E-state index in [0.717, 1.165) is 12.3 Å². The first-order chi connectivity index (χ1) is 10.1. The van der Waals surface area contributed by atoms with Gasteiger partial charge in [-0.3, -0.25) is 4.57 Å². The molecule has 0 bridgehead atoms. The molecule has 0 spiro atoms. The SMILES string of the molecule is CCCOC(C)C(=Nc1ccc(Cl)cc1Cl)n1ccnc1. The number of imidazole rings is 1. The van der Waals surface area contributed by atoms with Crippen LogP contribution in [-0.4, -0.2) is 28.1 Å². The number of hydrogen-bond acceptors (Lipinski definition) is 3. The molecule has 1 aromatic heterocycles. The van der Waals surface area contributed by atoms with Gasteiger partial charge < -0.3 is 4.74 Å². The average molecular weight is 326 g/mol. The van der Waals surface area contributed by atoms with Gasteiger partial charge in [0.25, 0.3) is 0 Å². The highest BCUT2D eigenvalue weighted by atomic mass is 35.5. The number of benzene rings is 1. The summed E-state index contributed by atoms with van der Waals surface area (Å²) in [6, 6.07) is 5.22. The number of hydrogen-bond donors (Lipinski definition) is 0. The predicted octanol–water partition coefficient (Wildman–Crippen LogP) is 4.58. The largest absolute Gasteiger partial charge is 0.371 e. The van der Waals surface area contributed by atoms with Crippen LogP contribution in [0.5, 0.6) is 0 Å². The molecule has 2 rings (SSSR count). The second-order valence-electron chi connectivity index (χ2n) is 4.55. The van der Waals surface area contributed by atoms with Gasteiger partial charge in [-0.2, -0.15) is 0 Å². The van der Waals surface area contributed by atoms with Crippen molar-refractivity contribution < 1.29 is 4.74 Å². The maximum absolute atomic E-state index is 6.19. The zero-order valence-corrected chi connectivity index (χ0v) is 13.5. The molecular formula is C15H17Cl2N3O. The zero-order chi connectivity index (χ0) is 15.2. The molecule has 2 aromatic rings. The molecule has 1 heterocycles. The second kappa shape index (κ2) is 7.59. The summed E-state index contributed by atoms with van der Waals surface area (Å²) in [5.41, 5.74) is 0.650. The van der Waals surface area contributed by atoms with Crippen LogP contribution >= 0.6 is 23.2 Å². The van der Waals surface area contributed by atoms with Gasteiger partial charge in [-0.1, -0.05) is 30.1 Å². The summed E-state index contributed by atoms with van der Waals surface area (Å²) >= 11 is 12.1. The van der Waals surface area contributed by atoms with Crippen LogP contribution in [0.15, 0.2) is 41.9 Å². The highest BCUT2D eigenvalue weighted by molar-refractivity contribution is 6.36. The van der Waals surface area contributed by atoms with Crippen molar-refractivity contribution in [2.75, 3.05) is 6.61 Å². The topological polar surface area (TPSA) is 39.4 Å². The molecule has 0 amide bonds. The quantitative estimate of drug-likeness (QED) is 0.596. The van der Waals surface area contributed by atoms with Gasteiger partial charge in [-0.05, 0) is 31.5 Å². The van der Waals surface area contributed by atoms with Gasteiger partial charge in [0, 0.05) is 24.0 Å². The fraction of sp³-hybridized carbons (Fsp3) is 0.333. The summed E-state index contributed by atoms with van der Waals surface area (Å²) in [7, 11) is 0. The number of aromatic nitrogens is 2. The second-order valence-corrected chi connectivity index (χ2v) is 5.39. The normalized spacial score (nSPS) is 13.4. The first-order valence-corrected chi connectivity index (χ1v) is 7.51. The maximum Gasteiger partial charge on any atom is 0.143 e. The van der Waals surface area contributed by atoms with Crippen LogP contribution in [0.4, 0.5) is 5.69 Å². The summed E-state index contributed by atoms with van der Waals surface area (Å²) in [4.78, 5) is 8.67. The third kappa shape index (κ3) is 4.30. The zero-order valence-electron chi connectivity index (χ0n) is 12.0. The lowest BCUT2D eigenvalue weighted by molar-refractivity contribution is 0.108.